The van der Waals surface area contributed by atoms with Gasteiger partial charge in [0.05, 0.1) is 11.4 Å². The highest BCUT2D eigenvalue weighted by molar-refractivity contribution is 5.78. The summed E-state index contributed by atoms with van der Waals surface area (Å²) in [7, 11) is 0. The largest absolute Gasteiger partial charge is 0.240 e. The molecule has 0 aliphatic heterocycles. The van der Waals surface area contributed by atoms with E-state index in [9.17, 15) is 9.59 Å². The van der Waals surface area contributed by atoms with Crippen molar-refractivity contribution in [2.45, 2.75) is 13.8 Å². The molecule has 20 heavy (non-hydrogen) atoms. The van der Waals surface area contributed by atoms with Crippen molar-refractivity contribution < 1.29 is 9.59 Å². The molecule has 98 valence electrons. The van der Waals surface area contributed by atoms with Crippen molar-refractivity contribution in [3.05, 3.63) is 47.5 Å². The molecule has 0 saturated carbocycles. The molecule has 4 nitrogen and oxygen atoms in total. The van der Waals surface area contributed by atoms with Gasteiger partial charge in [-0.05, 0) is 48.2 Å². The van der Waals surface area contributed by atoms with E-state index in [4.69, 9.17) is 0 Å². The van der Waals surface area contributed by atoms with E-state index in [1.54, 1.807) is 24.3 Å². The van der Waals surface area contributed by atoms with Gasteiger partial charge in [0.2, 0.25) is 12.2 Å². The zero-order chi connectivity index (χ0) is 14.5. The van der Waals surface area contributed by atoms with E-state index in [1.807, 2.05) is 38.1 Å². The minimum Gasteiger partial charge on any atom is -0.211 e. The van der Waals surface area contributed by atoms with E-state index in [2.05, 4.69) is 9.98 Å². The summed E-state index contributed by atoms with van der Waals surface area (Å²) in [5.41, 5.74) is 4.82. The summed E-state index contributed by atoms with van der Waals surface area (Å²) in [5.74, 6) is 0. The van der Waals surface area contributed by atoms with Crippen LogP contribution in [0.15, 0.2) is 46.4 Å². The number of aliphatic imine (C=N–C) groups is 2. The Hall–Kier alpha value is -2.80. The van der Waals surface area contributed by atoms with Crippen LogP contribution in [0.2, 0.25) is 0 Å². The Kier molecular flexibility index (Phi) is 4.02. The molecule has 4 heteroatoms. The summed E-state index contributed by atoms with van der Waals surface area (Å²) < 4.78 is 0. The van der Waals surface area contributed by atoms with Crippen molar-refractivity contribution in [1.82, 2.24) is 0 Å². The lowest BCUT2D eigenvalue weighted by molar-refractivity contribution is 0.564. The fourth-order valence-corrected chi connectivity index (χ4v) is 2.17. The minimum absolute atomic E-state index is 0.584. The number of nitrogens with zero attached hydrogens (tertiary/aromatic N) is 2. The van der Waals surface area contributed by atoms with Crippen LogP contribution in [0.1, 0.15) is 11.1 Å². The maximum atomic E-state index is 10.4. The fourth-order valence-electron chi connectivity index (χ4n) is 2.17. The topological polar surface area (TPSA) is 58.9 Å². The summed E-state index contributed by atoms with van der Waals surface area (Å²) in [6.07, 6.45) is 3.11. The molecule has 0 aliphatic carbocycles. The van der Waals surface area contributed by atoms with Gasteiger partial charge >= 0.3 is 0 Å². The first kappa shape index (κ1) is 13.6. The van der Waals surface area contributed by atoms with E-state index in [0.29, 0.717) is 11.4 Å². The van der Waals surface area contributed by atoms with Gasteiger partial charge in [-0.15, -0.1) is 0 Å². The molecule has 0 N–H and O–H groups in total. The third-order valence-corrected chi connectivity index (χ3v) is 3.23. The van der Waals surface area contributed by atoms with Crippen LogP contribution in [-0.2, 0) is 9.59 Å². The molecule has 0 fully saturated rings. The van der Waals surface area contributed by atoms with Crippen molar-refractivity contribution in [2.24, 2.45) is 9.98 Å². The number of isocyanates is 2. The van der Waals surface area contributed by atoms with Crippen LogP contribution >= 0.6 is 0 Å². The molecule has 0 heterocycles. The van der Waals surface area contributed by atoms with Crippen LogP contribution < -0.4 is 0 Å². The van der Waals surface area contributed by atoms with Gasteiger partial charge in [0, 0.05) is 0 Å². The lowest BCUT2D eigenvalue weighted by Crippen LogP contribution is -1.88. The molecule has 0 atom stereocenters. The van der Waals surface area contributed by atoms with Gasteiger partial charge in [-0.1, -0.05) is 24.3 Å². The normalized spacial score (nSPS) is 9.50. The van der Waals surface area contributed by atoms with Gasteiger partial charge < -0.3 is 0 Å². The molecule has 2 aromatic rings. The lowest BCUT2D eigenvalue weighted by atomic mass is 9.95. The average molecular weight is 264 g/mol. The Morgan fingerprint density at radius 3 is 1.50 bits per heavy atom. The Morgan fingerprint density at radius 2 is 1.15 bits per heavy atom. The smallest absolute Gasteiger partial charge is 0.211 e. The zero-order valence-corrected chi connectivity index (χ0v) is 11.2. The highest BCUT2D eigenvalue weighted by Gasteiger charge is 2.10. The maximum absolute atomic E-state index is 10.4. The minimum atomic E-state index is 0.584. The monoisotopic (exact) mass is 264 g/mol. The van der Waals surface area contributed by atoms with E-state index >= 15 is 0 Å². The summed E-state index contributed by atoms with van der Waals surface area (Å²) in [6, 6.07) is 11.0. The van der Waals surface area contributed by atoms with Gasteiger partial charge in [0.1, 0.15) is 0 Å². The summed E-state index contributed by atoms with van der Waals surface area (Å²) >= 11 is 0. The summed E-state index contributed by atoms with van der Waals surface area (Å²) in [4.78, 5) is 28.2. The zero-order valence-electron chi connectivity index (χ0n) is 11.2. The summed E-state index contributed by atoms with van der Waals surface area (Å²) in [6.45, 7) is 3.78. The Labute approximate surface area is 116 Å². The number of benzene rings is 2. The van der Waals surface area contributed by atoms with Crippen LogP contribution in [-0.4, -0.2) is 12.2 Å². The Bertz CT molecular complexity index is 688. The average Bonchev–Trinajstić information content (AvgIpc) is 2.44. The molecule has 2 aromatic carbocycles. The van der Waals surface area contributed by atoms with E-state index in [0.717, 1.165) is 22.3 Å². The van der Waals surface area contributed by atoms with E-state index in [1.165, 1.54) is 0 Å². The van der Waals surface area contributed by atoms with Crippen LogP contribution in [0.25, 0.3) is 11.1 Å². The molecule has 0 spiro atoms. The quantitative estimate of drug-likeness (QED) is 0.623. The second kappa shape index (κ2) is 5.89. The second-order valence-electron chi connectivity index (χ2n) is 4.31. The lowest BCUT2D eigenvalue weighted by Gasteiger charge is -2.11. The molecular weight excluding hydrogens is 252 g/mol. The first-order chi connectivity index (χ1) is 9.69. The first-order valence-electron chi connectivity index (χ1n) is 6.04. The second-order valence-corrected chi connectivity index (χ2v) is 4.31. The SMILES string of the molecule is Cc1c(N=C=O)cccc1-c1cccc(N=C=O)c1C. The standard InChI is InChI=1S/C16H12N2O2/c1-11-13(5-3-7-15(11)17-9-19)14-6-4-8-16(12(14)2)18-10-20/h3-8H,1-2H3. The van der Waals surface area contributed by atoms with Gasteiger partial charge in [-0.25, -0.2) is 9.59 Å². The third kappa shape index (κ3) is 2.47. The number of hydrogen-bond acceptors (Lipinski definition) is 4. The Morgan fingerprint density at radius 1 is 0.750 bits per heavy atom. The molecule has 0 aromatic heterocycles. The van der Waals surface area contributed by atoms with Gasteiger partial charge in [-0.2, -0.15) is 9.98 Å². The predicted molar refractivity (Wildman–Crippen MR) is 76.9 cm³/mol. The highest BCUT2D eigenvalue weighted by Crippen LogP contribution is 2.35. The molecule has 0 bridgehead atoms. The van der Waals surface area contributed by atoms with Gasteiger partial charge in [0.15, 0.2) is 0 Å². The predicted octanol–water partition coefficient (Wildman–Crippen LogP) is 3.91. The maximum Gasteiger partial charge on any atom is 0.240 e. The number of carbonyl (C=O) groups excluding carboxylic acids is 2. The Balaban J connectivity index is 2.69. The molecule has 0 amide bonds. The summed E-state index contributed by atoms with van der Waals surface area (Å²) in [5, 5.41) is 0. The molecule has 0 unspecified atom stereocenters. The molecule has 0 radical (unpaired) electrons. The van der Waals surface area contributed by atoms with Crippen LogP contribution in [0.5, 0.6) is 0 Å². The van der Waals surface area contributed by atoms with Crippen molar-refractivity contribution in [2.75, 3.05) is 0 Å². The molecular formula is C16H12N2O2. The van der Waals surface area contributed by atoms with Crippen molar-refractivity contribution >= 4 is 23.5 Å². The van der Waals surface area contributed by atoms with Crippen molar-refractivity contribution in [3.8, 4) is 11.1 Å². The van der Waals surface area contributed by atoms with E-state index < -0.39 is 0 Å². The van der Waals surface area contributed by atoms with Crippen LogP contribution in [0.4, 0.5) is 11.4 Å². The number of hydrogen-bond donors (Lipinski definition) is 0. The third-order valence-electron chi connectivity index (χ3n) is 3.23. The molecule has 0 aliphatic rings. The van der Waals surface area contributed by atoms with Crippen molar-refractivity contribution in [3.63, 3.8) is 0 Å². The fraction of sp³-hybridized carbons (Fsp3) is 0.125. The van der Waals surface area contributed by atoms with Gasteiger partial charge in [0.25, 0.3) is 0 Å². The first-order valence-corrected chi connectivity index (χ1v) is 6.04. The number of rotatable bonds is 3. The van der Waals surface area contributed by atoms with Crippen molar-refractivity contribution in [1.29, 1.82) is 0 Å². The van der Waals surface area contributed by atoms with Gasteiger partial charge in [-0.3, -0.25) is 0 Å². The highest BCUT2D eigenvalue weighted by atomic mass is 16.1. The molecule has 2 rings (SSSR count). The molecule has 0 saturated heterocycles. The van der Waals surface area contributed by atoms with Crippen LogP contribution in [0, 0.1) is 13.8 Å². The van der Waals surface area contributed by atoms with Crippen LogP contribution in [0.3, 0.4) is 0 Å². The van der Waals surface area contributed by atoms with E-state index in [-0.39, 0.29) is 0 Å².